The van der Waals surface area contributed by atoms with E-state index in [0.717, 1.165) is 0 Å². The molecule has 0 aliphatic carbocycles. The molecule has 3 aromatic heterocycles. The van der Waals surface area contributed by atoms with Crippen molar-refractivity contribution in [1.29, 1.82) is 0 Å². The second-order valence-corrected chi connectivity index (χ2v) is 6.69. The van der Waals surface area contributed by atoms with Crippen molar-refractivity contribution in [2.24, 2.45) is 0 Å². The molecule has 1 aromatic carbocycles. The van der Waals surface area contributed by atoms with Gasteiger partial charge in [-0.3, -0.25) is 15.1 Å². The number of aromatic nitrogens is 3. The highest BCUT2D eigenvalue weighted by Gasteiger charge is 2.20. The lowest BCUT2D eigenvalue weighted by molar-refractivity contribution is 0.0997. The molecule has 0 radical (unpaired) electrons. The van der Waals surface area contributed by atoms with Crippen molar-refractivity contribution in [3.8, 4) is 22.6 Å². The van der Waals surface area contributed by atoms with E-state index in [1.165, 1.54) is 48.2 Å². The van der Waals surface area contributed by atoms with Crippen molar-refractivity contribution in [3.63, 3.8) is 0 Å². The molecule has 0 saturated carbocycles. The lowest BCUT2D eigenvalue weighted by atomic mass is 10.1. The fraction of sp³-hybridized carbons (Fsp3) is 0. The highest BCUT2D eigenvalue weighted by Crippen LogP contribution is 2.27. The Kier molecular flexibility index (Phi) is 4.66. The van der Waals surface area contributed by atoms with Crippen LogP contribution in [-0.2, 0) is 0 Å². The molecule has 1 amide bonds. The lowest BCUT2D eigenvalue weighted by Gasteiger charge is -2.02. The molecule has 0 atom stereocenters. The quantitative estimate of drug-likeness (QED) is 0.526. The minimum Gasteiger partial charge on any atom is -0.438 e. The Bertz CT molecular complexity index is 1090. The summed E-state index contributed by atoms with van der Waals surface area (Å²) >= 11 is 7.08. The Balaban J connectivity index is 1.55. The molecule has 4 rings (SSSR count). The van der Waals surface area contributed by atoms with Gasteiger partial charge in [-0.05, 0) is 36.4 Å². The predicted octanol–water partition coefficient (Wildman–Crippen LogP) is 4.90. The summed E-state index contributed by atoms with van der Waals surface area (Å²) in [6.07, 6.45) is 2.69. The third kappa shape index (κ3) is 3.71. The zero-order valence-electron chi connectivity index (χ0n) is 13.5. The number of rotatable bonds is 4. The fourth-order valence-corrected chi connectivity index (χ4v) is 3.16. The smallest absolute Gasteiger partial charge is 0.295 e. The van der Waals surface area contributed by atoms with E-state index in [9.17, 15) is 9.18 Å². The molecule has 134 valence electrons. The molecule has 0 bridgehead atoms. The molecule has 0 saturated heterocycles. The first-order valence-corrected chi connectivity index (χ1v) is 8.94. The van der Waals surface area contributed by atoms with Crippen LogP contribution in [0.3, 0.4) is 0 Å². The number of hydrogen-bond donors (Lipinski definition) is 1. The van der Waals surface area contributed by atoms with Gasteiger partial charge in [-0.1, -0.05) is 11.6 Å². The number of hydrogen-bond acceptors (Lipinski definition) is 6. The number of carbonyl (C=O) groups excluding carboxylic acids is 1. The average molecular weight is 401 g/mol. The number of pyridine rings is 1. The number of oxazole rings is 1. The maximum absolute atomic E-state index is 13.1. The molecule has 9 heteroatoms. The molecule has 0 spiro atoms. The topological polar surface area (TPSA) is 80.9 Å². The van der Waals surface area contributed by atoms with Crippen LogP contribution in [-0.4, -0.2) is 20.9 Å². The number of amides is 1. The van der Waals surface area contributed by atoms with Gasteiger partial charge >= 0.3 is 0 Å². The summed E-state index contributed by atoms with van der Waals surface area (Å²) in [5.41, 5.74) is 2.15. The summed E-state index contributed by atoms with van der Waals surface area (Å²) < 4.78 is 18.3. The van der Waals surface area contributed by atoms with Crippen molar-refractivity contribution in [3.05, 3.63) is 71.0 Å². The van der Waals surface area contributed by atoms with Crippen LogP contribution in [0.2, 0.25) is 5.02 Å². The molecule has 4 aromatic rings. The van der Waals surface area contributed by atoms with Gasteiger partial charge in [0.15, 0.2) is 11.5 Å². The Morgan fingerprint density at radius 3 is 2.67 bits per heavy atom. The van der Waals surface area contributed by atoms with E-state index in [2.05, 4.69) is 20.3 Å². The minimum atomic E-state index is -0.503. The van der Waals surface area contributed by atoms with Gasteiger partial charge in [-0.2, -0.15) is 0 Å². The van der Waals surface area contributed by atoms with Crippen molar-refractivity contribution in [2.45, 2.75) is 0 Å². The van der Waals surface area contributed by atoms with Crippen LogP contribution < -0.4 is 5.32 Å². The van der Waals surface area contributed by atoms with E-state index in [1.54, 1.807) is 17.5 Å². The van der Waals surface area contributed by atoms with Crippen LogP contribution in [0.1, 0.15) is 10.6 Å². The Morgan fingerprint density at radius 2 is 1.93 bits per heavy atom. The van der Waals surface area contributed by atoms with E-state index < -0.39 is 5.91 Å². The SMILES string of the molecule is O=C(Nc1nc(-c2ccc(Cl)cn2)cs1)c1ocnc1-c1ccc(F)cc1. The number of thiazole rings is 1. The Hall–Kier alpha value is -3.10. The third-order valence-electron chi connectivity index (χ3n) is 3.61. The zero-order chi connectivity index (χ0) is 18.8. The van der Waals surface area contributed by atoms with Gasteiger partial charge in [0.25, 0.3) is 5.91 Å². The number of nitrogens with one attached hydrogen (secondary N) is 1. The molecular weight excluding hydrogens is 391 g/mol. The minimum absolute atomic E-state index is 0.0166. The molecule has 0 aliphatic rings. The summed E-state index contributed by atoms with van der Waals surface area (Å²) in [7, 11) is 0. The molecule has 1 N–H and O–H groups in total. The van der Waals surface area contributed by atoms with Crippen LogP contribution in [0.4, 0.5) is 9.52 Å². The van der Waals surface area contributed by atoms with E-state index in [0.29, 0.717) is 32.8 Å². The molecule has 27 heavy (non-hydrogen) atoms. The number of nitrogens with zero attached hydrogens (tertiary/aromatic N) is 3. The van der Waals surface area contributed by atoms with Gasteiger partial charge in [0.2, 0.25) is 5.76 Å². The number of halogens is 2. The average Bonchev–Trinajstić information content (AvgIpc) is 3.33. The van der Waals surface area contributed by atoms with Crippen LogP contribution in [0.25, 0.3) is 22.6 Å². The highest BCUT2D eigenvalue weighted by atomic mass is 35.5. The molecule has 0 fully saturated rings. The predicted molar refractivity (Wildman–Crippen MR) is 100 cm³/mol. The van der Waals surface area contributed by atoms with Gasteiger partial charge in [-0.25, -0.2) is 14.4 Å². The first-order valence-electron chi connectivity index (χ1n) is 7.68. The fourth-order valence-electron chi connectivity index (χ4n) is 2.35. The van der Waals surface area contributed by atoms with Crippen molar-refractivity contribution < 1.29 is 13.6 Å². The highest BCUT2D eigenvalue weighted by molar-refractivity contribution is 7.14. The summed E-state index contributed by atoms with van der Waals surface area (Å²) in [6.45, 7) is 0. The van der Waals surface area contributed by atoms with Crippen LogP contribution >= 0.6 is 22.9 Å². The number of carbonyl (C=O) groups is 1. The number of benzene rings is 1. The molecular formula is C18H10ClFN4O2S. The maximum atomic E-state index is 13.1. The summed E-state index contributed by atoms with van der Waals surface area (Å²) in [6, 6.07) is 9.09. The van der Waals surface area contributed by atoms with Gasteiger partial charge in [0, 0.05) is 17.1 Å². The molecule has 0 unspecified atom stereocenters. The van der Waals surface area contributed by atoms with Crippen LogP contribution in [0.5, 0.6) is 0 Å². The van der Waals surface area contributed by atoms with E-state index in [4.69, 9.17) is 16.0 Å². The monoisotopic (exact) mass is 400 g/mol. The largest absolute Gasteiger partial charge is 0.438 e. The van der Waals surface area contributed by atoms with Crippen molar-refractivity contribution >= 4 is 34.0 Å². The normalized spacial score (nSPS) is 10.7. The molecule has 0 aliphatic heterocycles. The van der Waals surface area contributed by atoms with Crippen LogP contribution in [0.15, 0.2) is 58.8 Å². The van der Waals surface area contributed by atoms with Gasteiger partial charge < -0.3 is 4.42 Å². The molecule has 6 nitrogen and oxygen atoms in total. The van der Waals surface area contributed by atoms with Gasteiger partial charge in [-0.15, -0.1) is 11.3 Å². The van der Waals surface area contributed by atoms with Crippen molar-refractivity contribution in [1.82, 2.24) is 15.0 Å². The maximum Gasteiger partial charge on any atom is 0.295 e. The second kappa shape index (κ2) is 7.26. The van der Waals surface area contributed by atoms with Gasteiger partial charge in [0.05, 0.1) is 10.7 Å². The number of anilines is 1. The van der Waals surface area contributed by atoms with Crippen molar-refractivity contribution in [2.75, 3.05) is 5.32 Å². The van der Waals surface area contributed by atoms with E-state index in [-0.39, 0.29) is 11.6 Å². The summed E-state index contributed by atoms with van der Waals surface area (Å²) in [5.74, 6) is -0.862. The lowest BCUT2D eigenvalue weighted by Crippen LogP contribution is -2.12. The van der Waals surface area contributed by atoms with Gasteiger partial charge in [0.1, 0.15) is 17.2 Å². The summed E-state index contributed by atoms with van der Waals surface area (Å²) in [4.78, 5) is 25.1. The Morgan fingerprint density at radius 1 is 1.11 bits per heavy atom. The third-order valence-corrected chi connectivity index (χ3v) is 4.59. The second-order valence-electron chi connectivity index (χ2n) is 5.39. The van der Waals surface area contributed by atoms with E-state index in [1.807, 2.05) is 0 Å². The van der Waals surface area contributed by atoms with Crippen LogP contribution in [0, 0.1) is 5.82 Å². The standard InChI is InChI=1S/C18H10ClFN4O2S/c19-11-3-6-13(21-7-11)14-8-27-18(23-14)24-17(25)16-15(22-9-26-16)10-1-4-12(20)5-2-10/h1-9H,(H,23,24,25). The summed E-state index contributed by atoms with van der Waals surface area (Å²) in [5, 5.41) is 5.36. The Labute approximate surface area is 161 Å². The van der Waals surface area contributed by atoms with E-state index >= 15 is 0 Å². The molecule has 3 heterocycles. The first kappa shape index (κ1) is 17.3. The first-order chi connectivity index (χ1) is 13.1. The zero-order valence-corrected chi connectivity index (χ0v) is 15.1.